The lowest BCUT2D eigenvalue weighted by atomic mass is 9.97. The molecule has 20 heavy (non-hydrogen) atoms. The zero-order chi connectivity index (χ0) is 13.9. The van der Waals surface area contributed by atoms with Gasteiger partial charge in [0, 0.05) is 19.0 Å². The second kappa shape index (κ2) is 6.65. The summed E-state index contributed by atoms with van der Waals surface area (Å²) in [5, 5.41) is 4.46. The molecule has 6 heteroatoms. The average Bonchev–Trinajstić information content (AvgIpc) is 3.08. The van der Waals surface area contributed by atoms with Gasteiger partial charge in [0.05, 0.1) is 0 Å². The molecule has 0 radical (unpaired) electrons. The molecule has 3 rings (SSSR count). The molecule has 0 aliphatic carbocycles. The number of rotatable bonds is 4. The molecule has 112 valence electrons. The standard InChI is InChI=1S/C14H22Cl2N4/c15-12-13(16)20(10-9-19-7-1-2-8-19)14(18-12)11-3-5-17-6-4-11/h11,17H,1-10H2. The number of hydrogen-bond acceptors (Lipinski definition) is 3. The molecular formula is C14H22Cl2N4. The predicted molar refractivity (Wildman–Crippen MR) is 82.8 cm³/mol. The van der Waals surface area contributed by atoms with Crippen LogP contribution in [0.5, 0.6) is 0 Å². The molecule has 4 nitrogen and oxygen atoms in total. The number of nitrogens with one attached hydrogen (secondary N) is 1. The molecule has 0 bridgehead atoms. The fourth-order valence-electron chi connectivity index (χ4n) is 3.27. The minimum atomic E-state index is 0.460. The molecule has 0 unspecified atom stereocenters. The smallest absolute Gasteiger partial charge is 0.166 e. The molecule has 3 heterocycles. The summed E-state index contributed by atoms with van der Waals surface area (Å²) in [5.41, 5.74) is 0. The molecule has 2 saturated heterocycles. The van der Waals surface area contributed by atoms with Crippen molar-refractivity contribution in [1.82, 2.24) is 19.8 Å². The number of halogens is 2. The highest BCUT2D eigenvalue weighted by molar-refractivity contribution is 6.40. The Hall–Kier alpha value is -0.290. The second-order valence-corrected chi connectivity index (χ2v) is 6.49. The van der Waals surface area contributed by atoms with Gasteiger partial charge >= 0.3 is 0 Å². The maximum absolute atomic E-state index is 6.35. The number of likely N-dealkylation sites (tertiary alicyclic amines) is 1. The molecule has 0 aromatic carbocycles. The van der Waals surface area contributed by atoms with E-state index >= 15 is 0 Å². The van der Waals surface area contributed by atoms with E-state index in [9.17, 15) is 0 Å². The van der Waals surface area contributed by atoms with Gasteiger partial charge in [0.1, 0.15) is 11.0 Å². The van der Waals surface area contributed by atoms with Crippen LogP contribution < -0.4 is 5.32 Å². The first-order valence-corrected chi connectivity index (χ1v) is 8.36. The predicted octanol–water partition coefficient (Wildman–Crippen LogP) is 2.75. The van der Waals surface area contributed by atoms with E-state index in [-0.39, 0.29) is 0 Å². The van der Waals surface area contributed by atoms with Crippen molar-refractivity contribution in [2.45, 2.75) is 38.1 Å². The van der Waals surface area contributed by atoms with Crippen LogP contribution in [-0.2, 0) is 6.54 Å². The van der Waals surface area contributed by atoms with Gasteiger partial charge in [-0.3, -0.25) is 0 Å². The summed E-state index contributed by atoms with van der Waals surface area (Å²) in [5.74, 6) is 1.57. The number of nitrogens with zero attached hydrogens (tertiary/aromatic N) is 3. The Morgan fingerprint density at radius 3 is 2.50 bits per heavy atom. The molecule has 0 atom stereocenters. The van der Waals surface area contributed by atoms with Gasteiger partial charge in [-0.1, -0.05) is 23.2 Å². The van der Waals surface area contributed by atoms with Gasteiger partial charge in [-0.05, 0) is 51.9 Å². The number of hydrogen-bond donors (Lipinski definition) is 1. The lowest BCUT2D eigenvalue weighted by Gasteiger charge is -2.24. The molecular weight excluding hydrogens is 295 g/mol. The van der Waals surface area contributed by atoms with Crippen LogP contribution in [0, 0.1) is 0 Å². The van der Waals surface area contributed by atoms with Crippen molar-refractivity contribution in [2.24, 2.45) is 0 Å². The van der Waals surface area contributed by atoms with Crippen molar-refractivity contribution in [3.05, 3.63) is 16.1 Å². The number of piperidine rings is 1. The SMILES string of the molecule is Clc1nc(C2CCNCC2)n(CCN2CCCC2)c1Cl. The van der Waals surface area contributed by atoms with Crippen molar-refractivity contribution < 1.29 is 0 Å². The zero-order valence-electron chi connectivity index (χ0n) is 11.7. The molecule has 0 spiro atoms. The van der Waals surface area contributed by atoms with Crippen molar-refractivity contribution in [3.63, 3.8) is 0 Å². The minimum Gasteiger partial charge on any atom is -0.317 e. The Balaban J connectivity index is 1.73. The topological polar surface area (TPSA) is 33.1 Å². The van der Waals surface area contributed by atoms with E-state index in [4.69, 9.17) is 23.2 Å². The van der Waals surface area contributed by atoms with E-state index in [0.717, 1.165) is 44.8 Å². The molecule has 2 fully saturated rings. The second-order valence-electron chi connectivity index (χ2n) is 5.78. The molecule has 1 N–H and O–H groups in total. The first-order valence-electron chi connectivity index (χ1n) is 7.60. The van der Waals surface area contributed by atoms with E-state index in [1.165, 1.54) is 25.9 Å². The summed E-state index contributed by atoms with van der Waals surface area (Å²) >= 11 is 12.5. The minimum absolute atomic E-state index is 0.460. The Morgan fingerprint density at radius 1 is 1.10 bits per heavy atom. The van der Waals surface area contributed by atoms with E-state index in [2.05, 4.69) is 19.8 Å². The number of aromatic nitrogens is 2. The average molecular weight is 317 g/mol. The Morgan fingerprint density at radius 2 is 1.80 bits per heavy atom. The van der Waals surface area contributed by atoms with E-state index < -0.39 is 0 Å². The highest BCUT2D eigenvalue weighted by atomic mass is 35.5. The largest absolute Gasteiger partial charge is 0.317 e. The van der Waals surface area contributed by atoms with Crippen LogP contribution in [0.25, 0.3) is 0 Å². The monoisotopic (exact) mass is 316 g/mol. The normalized spacial score (nSPS) is 21.7. The van der Waals surface area contributed by atoms with Gasteiger partial charge in [-0.25, -0.2) is 4.98 Å². The van der Waals surface area contributed by atoms with E-state index in [1.807, 2.05) is 0 Å². The van der Waals surface area contributed by atoms with Crippen molar-refractivity contribution in [3.8, 4) is 0 Å². The van der Waals surface area contributed by atoms with Crippen LogP contribution in [0.3, 0.4) is 0 Å². The van der Waals surface area contributed by atoms with Crippen molar-refractivity contribution >= 4 is 23.2 Å². The summed E-state index contributed by atoms with van der Waals surface area (Å²) < 4.78 is 2.14. The van der Waals surface area contributed by atoms with Crippen LogP contribution in [0.1, 0.15) is 37.4 Å². The summed E-state index contributed by atoms with van der Waals surface area (Å²) in [4.78, 5) is 7.03. The van der Waals surface area contributed by atoms with Crippen LogP contribution in [-0.4, -0.2) is 47.2 Å². The molecule has 2 aliphatic heterocycles. The summed E-state index contributed by atoms with van der Waals surface area (Å²) in [6.07, 6.45) is 4.87. The Kier molecular flexibility index (Phi) is 4.87. The fraction of sp³-hybridized carbons (Fsp3) is 0.786. The van der Waals surface area contributed by atoms with Gasteiger partial charge in [0.15, 0.2) is 5.15 Å². The third kappa shape index (κ3) is 3.14. The molecule has 0 saturated carbocycles. The van der Waals surface area contributed by atoms with Gasteiger partial charge in [-0.2, -0.15) is 0 Å². The third-order valence-corrected chi connectivity index (χ3v) is 5.18. The van der Waals surface area contributed by atoms with Gasteiger partial charge < -0.3 is 14.8 Å². The van der Waals surface area contributed by atoms with Crippen molar-refractivity contribution in [2.75, 3.05) is 32.7 Å². The van der Waals surface area contributed by atoms with E-state index in [0.29, 0.717) is 16.2 Å². The first-order chi connectivity index (χ1) is 9.75. The van der Waals surface area contributed by atoms with Crippen LogP contribution in [0.2, 0.25) is 10.3 Å². The first kappa shape index (κ1) is 14.6. The van der Waals surface area contributed by atoms with Gasteiger partial charge in [0.2, 0.25) is 0 Å². The summed E-state index contributed by atoms with van der Waals surface area (Å²) in [7, 11) is 0. The molecule has 1 aromatic heterocycles. The van der Waals surface area contributed by atoms with Gasteiger partial charge in [0.25, 0.3) is 0 Å². The third-order valence-electron chi connectivity index (χ3n) is 4.44. The highest BCUT2D eigenvalue weighted by Gasteiger charge is 2.24. The summed E-state index contributed by atoms with van der Waals surface area (Å²) in [6.45, 7) is 6.48. The lowest BCUT2D eigenvalue weighted by Crippen LogP contribution is -2.29. The van der Waals surface area contributed by atoms with Crippen LogP contribution in [0.4, 0.5) is 0 Å². The Bertz CT molecular complexity index is 448. The number of imidazole rings is 1. The van der Waals surface area contributed by atoms with Crippen LogP contribution in [0.15, 0.2) is 0 Å². The fourth-order valence-corrected chi connectivity index (χ4v) is 3.67. The molecule has 2 aliphatic rings. The highest BCUT2D eigenvalue weighted by Crippen LogP contribution is 2.31. The summed E-state index contributed by atoms with van der Waals surface area (Å²) in [6, 6.07) is 0. The van der Waals surface area contributed by atoms with E-state index in [1.54, 1.807) is 0 Å². The Labute approximate surface area is 130 Å². The molecule has 1 aromatic rings. The lowest BCUT2D eigenvalue weighted by molar-refractivity contribution is 0.316. The molecule has 0 amide bonds. The maximum Gasteiger partial charge on any atom is 0.166 e. The zero-order valence-corrected chi connectivity index (χ0v) is 13.3. The van der Waals surface area contributed by atoms with Crippen molar-refractivity contribution in [1.29, 1.82) is 0 Å². The maximum atomic E-state index is 6.35. The van der Waals surface area contributed by atoms with Crippen LogP contribution >= 0.6 is 23.2 Å². The van der Waals surface area contributed by atoms with Gasteiger partial charge in [-0.15, -0.1) is 0 Å². The quantitative estimate of drug-likeness (QED) is 0.927.